The molecule has 2 aromatic heterocycles. The predicted molar refractivity (Wildman–Crippen MR) is 210 cm³/mol. The lowest BCUT2D eigenvalue weighted by Gasteiger charge is -2.20. The third-order valence-electron chi connectivity index (χ3n) is 11.5. The van der Waals surface area contributed by atoms with E-state index in [1.165, 1.54) is 110 Å². The molecule has 0 spiro atoms. The molecule has 0 atom stereocenters. The Balaban J connectivity index is 1.14. The topological polar surface area (TPSA) is 9.86 Å². The summed E-state index contributed by atoms with van der Waals surface area (Å²) in [4.78, 5) is 0. The van der Waals surface area contributed by atoms with Gasteiger partial charge in [0, 0.05) is 38.8 Å². The fourth-order valence-electron chi connectivity index (χ4n) is 9.48. The zero-order chi connectivity index (χ0) is 32.5. The summed E-state index contributed by atoms with van der Waals surface area (Å²) in [7, 11) is 0. The summed E-state index contributed by atoms with van der Waals surface area (Å²) in [5.41, 5.74) is 17.1. The molecule has 232 valence electrons. The quantitative estimate of drug-likeness (QED) is 0.179. The van der Waals surface area contributed by atoms with Crippen LogP contribution >= 0.6 is 0 Å². The third kappa shape index (κ3) is 3.38. The molecule has 10 aromatic rings. The zero-order valence-electron chi connectivity index (χ0n) is 27.3. The molecule has 2 aliphatic carbocycles. The number of hydrogen-bond acceptors (Lipinski definition) is 0. The highest BCUT2D eigenvalue weighted by Crippen LogP contribution is 2.49. The van der Waals surface area contributed by atoms with E-state index in [9.17, 15) is 0 Å². The lowest BCUT2D eigenvalue weighted by molar-refractivity contribution is 0.866. The minimum Gasteiger partial charge on any atom is -0.313 e. The molecule has 2 nitrogen and oxygen atoms in total. The number of nitrogens with zero attached hydrogens (tertiary/aromatic N) is 2. The first-order valence-corrected chi connectivity index (χ1v) is 17.7. The average molecular weight is 635 g/mol. The molecule has 0 fully saturated rings. The van der Waals surface area contributed by atoms with Crippen LogP contribution in [-0.4, -0.2) is 9.13 Å². The monoisotopic (exact) mass is 634 g/mol. The van der Waals surface area contributed by atoms with E-state index in [0.717, 1.165) is 12.8 Å². The van der Waals surface area contributed by atoms with Gasteiger partial charge in [-0.2, -0.15) is 0 Å². The predicted octanol–water partition coefficient (Wildman–Crippen LogP) is 12.4. The van der Waals surface area contributed by atoms with Crippen LogP contribution in [0.2, 0.25) is 0 Å². The summed E-state index contributed by atoms with van der Waals surface area (Å²) in [6.07, 6.45) is 2.06. The van der Waals surface area contributed by atoms with E-state index in [4.69, 9.17) is 0 Å². The van der Waals surface area contributed by atoms with E-state index in [1.54, 1.807) is 0 Å². The second-order valence-electron chi connectivity index (χ2n) is 14.0. The van der Waals surface area contributed by atoms with Crippen molar-refractivity contribution in [2.45, 2.75) is 12.8 Å². The van der Waals surface area contributed by atoms with Gasteiger partial charge in [-0.25, -0.2) is 0 Å². The molecule has 2 heteroatoms. The van der Waals surface area contributed by atoms with Gasteiger partial charge in [0.15, 0.2) is 0 Å². The SMILES string of the molecule is c1ccc2c(c1)CCc1c-2c2c3ccccc3ccc2n1-c1ccc2c(c1)c1ccccc1n2-c1cc2c3c(cccc3c1)-c1ccccc1-2. The molecule has 0 saturated heterocycles. The number of para-hydroxylation sites is 1. The Bertz CT molecular complexity index is 3100. The maximum Gasteiger partial charge on any atom is 0.0544 e. The molecular weight excluding hydrogens is 605 g/mol. The second-order valence-corrected chi connectivity index (χ2v) is 14.0. The van der Waals surface area contributed by atoms with Gasteiger partial charge in [-0.3, -0.25) is 0 Å². The summed E-state index contributed by atoms with van der Waals surface area (Å²) in [6.45, 7) is 0. The van der Waals surface area contributed by atoms with Gasteiger partial charge >= 0.3 is 0 Å². The first-order chi connectivity index (χ1) is 24.8. The van der Waals surface area contributed by atoms with Crippen LogP contribution in [0.5, 0.6) is 0 Å². The van der Waals surface area contributed by atoms with E-state index in [0.29, 0.717) is 0 Å². The molecule has 0 radical (unpaired) electrons. The molecule has 0 aliphatic heterocycles. The van der Waals surface area contributed by atoms with E-state index in [2.05, 4.69) is 167 Å². The lowest BCUT2D eigenvalue weighted by Crippen LogP contribution is -2.08. The molecule has 8 aromatic carbocycles. The molecule has 0 amide bonds. The van der Waals surface area contributed by atoms with Crippen molar-refractivity contribution in [1.82, 2.24) is 9.13 Å². The Labute approximate surface area is 289 Å². The first kappa shape index (κ1) is 26.6. The van der Waals surface area contributed by atoms with E-state index < -0.39 is 0 Å². The van der Waals surface area contributed by atoms with Crippen LogP contribution in [0, 0.1) is 0 Å². The smallest absolute Gasteiger partial charge is 0.0544 e. The van der Waals surface area contributed by atoms with E-state index >= 15 is 0 Å². The average Bonchev–Trinajstić information content (AvgIpc) is 3.81. The Hall–Kier alpha value is -6.38. The number of aromatic nitrogens is 2. The molecule has 50 heavy (non-hydrogen) atoms. The minimum atomic E-state index is 1.01. The zero-order valence-corrected chi connectivity index (χ0v) is 27.3. The highest BCUT2D eigenvalue weighted by atomic mass is 15.0. The largest absolute Gasteiger partial charge is 0.313 e. The lowest BCUT2D eigenvalue weighted by atomic mass is 9.87. The Morgan fingerprint density at radius 3 is 1.98 bits per heavy atom. The molecule has 0 N–H and O–H groups in total. The summed E-state index contributed by atoms with van der Waals surface area (Å²) < 4.78 is 5.04. The maximum absolute atomic E-state index is 2.56. The number of fused-ring (bicyclic) bond motifs is 13. The maximum atomic E-state index is 2.56. The van der Waals surface area contributed by atoms with Gasteiger partial charge in [-0.05, 0) is 110 Å². The van der Waals surface area contributed by atoms with Crippen molar-refractivity contribution in [3.63, 3.8) is 0 Å². The standard InChI is InChI=1S/C48H30N2/c1-3-13-34-29(10-1)20-23-44-47(34)48-35-14-4-2-11-30(35)21-24-45(48)49(44)32-22-25-43-40(27-32)38-17-7-8-19-42(38)50(43)33-26-31-12-9-18-39-36-15-5-6-16-37(36)41(28-33)46(31)39/h1-20,22-23,25-28H,21,24H2. The fraction of sp³-hybridized carbons (Fsp3) is 0.0417. The minimum absolute atomic E-state index is 1.01. The Morgan fingerprint density at radius 1 is 0.360 bits per heavy atom. The van der Waals surface area contributed by atoms with Gasteiger partial charge < -0.3 is 9.13 Å². The van der Waals surface area contributed by atoms with Gasteiger partial charge in [0.1, 0.15) is 0 Å². The van der Waals surface area contributed by atoms with Gasteiger partial charge in [-0.15, -0.1) is 0 Å². The molecule has 2 heterocycles. The number of hydrogen-bond donors (Lipinski definition) is 0. The van der Waals surface area contributed by atoms with E-state index in [1.807, 2.05) is 0 Å². The van der Waals surface area contributed by atoms with Crippen LogP contribution in [0.15, 0.2) is 158 Å². The van der Waals surface area contributed by atoms with Crippen molar-refractivity contribution in [2.24, 2.45) is 0 Å². The second kappa shape index (κ2) is 9.62. The first-order valence-electron chi connectivity index (χ1n) is 17.7. The van der Waals surface area contributed by atoms with Gasteiger partial charge in [-0.1, -0.05) is 115 Å². The molecular formula is C48H30N2. The van der Waals surface area contributed by atoms with Crippen LogP contribution in [0.25, 0.3) is 99.0 Å². The van der Waals surface area contributed by atoms with Gasteiger partial charge in [0.25, 0.3) is 0 Å². The van der Waals surface area contributed by atoms with Crippen LogP contribution in [-0.2, 0) is 12.8 Å². The van der Waals surface area contributed by atoms with Gasteiger partial charge in [0.05, 0.1) is 16.6 Å². The number of aryl methyl sites for hydroxylation is 1. The van der Waals surface area contributed by atoms with E-state index in [-0.39, 0.29) is 0 Å². The van der Waals surface area contributed by atoms with Gasteiger partial charge in [0.2, 0.25) is 0 Å². The fourth-order valence-corrected chi connectivity index (χ4v) is 9.48. The summed E-state index contributed by atoms with van der Waals surface area (Å²) in [5.74, 6) is 0. The van der Waals surface area contributed by atoms with Crippen LogP contribution in [0.3, 0.4) is 0 Å². The number of rotatable bonds is 2. The molecule has 0 bridgehead atoms. The summed E-state index contributed by atoms with van der Waals surface area (Å²) in [6, 6.07) is 59.0. The summed E-state index contributed by atoms with van der Waals surface area (Å²) >= 11 is 0. The molecule has 2 aliphatic rings. The Kier molecular flexibility index (Phi) is 5.11. The molecule has 12 rings (SSSR count). The van der Waals surface area contributed by atoms with Crippen molar-refractivity contribution in [3.8, 4) is 44.8 Å². The highest BCUT2D eigenvalue weighted by molar-refractivity contribution is 6.18. The Morgan fingerprint density at radius 2 is 1.06 bits per heavy atom. The number of benzene rings is 8. The van der Waals surface area contributed by atoms with Crippen molar-refractivity contribution < 1.29 is 0 Å². The molecule has 0 unspecified atom stereocenters. The molecule has 0 saturated carbocycles. The summed E-state index contributed by atoms with van der Waals surface area (Å²) in [5, 5.41) is 9.17. The normalized spacial score (nSPS) is 13.0. The van der Waals surface area contributed by atoms with Crippen LogP contribution in [0.1, 0.15) is 11.3 Å². The van der Waals surface area contributed by atoms with Crippen LogP contribution in [0.4, 0.5) is 0 Å². The van der Waals surface area contributed by atoms with Crippen molar-refractivity contribution in [1.29, 1.82) is 0 Å². The van der Waals surface area contributed by atoms with Crippen molar-refractivity contribution >= 4 is 54.3 Å². The highest BCUT2D eigenvalue weighted by Gasteiger charge is 2.27. The van der Waals surface area contributed by atoms with Crippen molar-refractivity contribution in [2.75, 3.05) is 0 Å². The van der Waals surface area contributed by atoms with Crippen molar-refractivity contribution in [3.05, 3.63) is 169 Å². The van der Waals surface area contributed by atoms with Crippen LogP contribution < -0.4 is 0 Å². The third-order valence-corrected chi connectivity index (χ3v) is 11.5.